The summed E-state index contributed by atoms with van der Waals surface area (Å²) >= 11 is 0. The summed E-state index contributed by atoms with van der Waals surface area (Å²) < 4.78 is 9.33. The molecule has 2 atom stereocenters. The van der Waals surface area contributed by atoms with Gasteiger partial charge in [-0.05, 0) is 18.9 Å². The quantitative estimate of drug-likeness (QED) is 0.912. The standard InChI is InChI=1S/C15H21N5O2/c1-19-10-11(8-18-19)14-13(4-3-7-22-14)15(21)16-9-12-5-6-17-20(12)2/h5-6,8,10,13-14H,3-4,7,9H2,1-2H3,(H,16,21)/t13-,14+/m1/s1. The topological polar surface area (TPSA) is 74.0 Å². The second-order valence-corrected chi connectivity index (χ2v) is 5.65. The van der Waals surface area contributed by atoms with Crippen LogP contribution in [0.4, 0.5) is 0 Å². The molecule has 1 N–H and O–H groups in total. The fourth-order valence-corrected chi connectivity index (χ4v) is 2.85. The Kier molecular flexibility index (Phi) is 4.24. The van der Waals surface area contributed by atoms with E-state index >= 15 is 0 Å². The molecular weight excluding hydrogens is 282 g/mol. The van der Waals surface area contributed by atoms with E-state index in [9.17, 15) is 4.79 Å². The van der Waals surface area contributed by atoms with E-state index in [-0.39, 0.29) is 17.9 Å². The molecule has 0 aromatic carbocycles. The lowest BCUT2D eigenvalue weighted by molar-refractivity contribution is -0.134. The van der Waals surface area contributed by atoms with Crippen LogP contribution in [0.1, 0.15) is 30.2 Å². The molecule has 0 saturated carbocycles. The van der Waals surface area contributed by atoms with Crippen molar-refractivity contribution in [2.75, 3.05) is 6.61 Å². The number of hydrogen-bond acceptors (Lipinski definition) is 4. The lowest BCUT2D eigenvalue weighted by Crippen LogP contribution is -2.37. The SMILES string of the molecule is Cn1cc([C@@H]2OCCC[C@H]2C(=O)NCc2ccnn2C)cn1. The van der Waals surface area contributed by atoms with Crippen molar-refractivity contribution in [1.82, 2.24) is 24.9 Å². The molecule has 7 nitrogen and oxygen atoms in total. The van der Waals surface area contributed by atoms with E-state index in [2.05, 4.69) is 15.5 Å². The van der Waals surface area contributed by atoms with Gasteiger partial charge in [0.15, 0.2) is 0 Å². The summed E-state index contributed by atoms with van der Waals surface area (Å²) in [6, 6.07) is 1.90. The van der Waals surface area contributed by atoms with Gasteiger partial charge in [0.25, 0.3) is 0 Å². The number of carbonyl (C=O) groups excluding carboxylic acids is 1. The fraction of sp³-hybridized carbons (Fsp3) is 0.533. The number of nitrogens with zero attached hydrogens (tertiary/aromatic N) is 4. The van der Waals surface area contributed by atoms with Crippen molar-refractivity contribution in [3.63, 3.8) is 0 Å². The molecule has 0 spiro atoms. The van der Waals surface area contributed by atoms with E-state index in [0.29, 0.717) is 13.2 Å². The molecule has 2 aromatic rings. The number of aryl methyl sites for hydroxylation is 2. The third kappa shape index (κ3) is 3.04. The molecule has 118 valence electrons. The summed E-state index contributed by atoms with van der Waals surface area (Å²) in [4.78, 5) is 12.5. The van der Waals surface area contributed by atoms with E-state index in [1.165, 1.54) is 0 Å². The van der Waals surface area contributed by atoms with Gasteiger partial charge in [0.05, 0.1) is 30.5 Å². The second-order valence-electron chi connectivity index (χ2n) is 5.65. The highest BCUT2D eigenvalue weighted by molar-refractivity contribution is 5.79. The van der Waals surface area contributed by atoms with Crippen molar-refractivity contribution in [3.05, 3.63) is 35.9 Å². The number of aromatic nitrogens is 4. The molecule has 22 heavy (non-hydrogen) atoms. The van der Waals surface area contributed by atoms with E-state index < -0.39 is 0 Å². The first-order valence-electron chi connectivity index (χ1n) is 7.50. The first kappa shape index (κ1) is 14.8. The van der Waals surface area contributed by atoms with E-state index in [0.717, 1.165) is 24.1 Å². The van der Waals surface area contributed by atoms with Gasteiger partial charge in [-0.2, -0.15) is 10.2 Å². The largest absolute Gasteiger partial charge is 0.373 e. The van der Waals surface area contributed by atoms with Gasteiger partial charge in [0.2, 0.25) is 5.91 Å². The molecule has 1 amide bonds. The maximum Gasteiger partial charge on any atom is 0.226 e. The Hall–Kier alpha value is -2.15. The monoisotopic (exact) mass is 303 g/mol. The Labute approximate surface area is 129 Å². The predicted molar refractivity (Wildman–Crippen MR) is 79.7 cm³/mol. The lowest BCUT2D eigenvalue weighted by atomic mass is 9.90. The minimum Gasteiger partial charge on any atom is -0.373 e. The lowest BCUT2D eigenvalue weighted by Gasteiger charge is -2.30. The van der Waals surface area contributed by atoms with Crippen LogP contribution in [0, 0.1) is 5.92 Å². The van der Waals surface area contributed by atoms with Crippen LogP contribution in [0.25, 0.3) is 0 Å². The second kappa shape index (κ2) is 6.31. The van der Waals surface area contributed by atoms with Crippen LogP contribution in [0.15, 0.2) is 24.7 Å². The van der Waals surface area contributed by atoms with Crippen molar-refractivity contribution >= 4 is 5.91 Å². The van der Waals surface area contributed by atoms with E-state index in [4.69, 9.17) is 4.74 Å². The van der Waals surface area contributed by atoms with Gasteiger partial charge in [-0.3, -0.25) is 14.2 Å². The van der Waals surface area contributed by atoms with Crippen molar-refractivity contribution in [1.29, 1.82) is 0 Å². The average molecular weight is 303 g/mol. The van der Waals surface area contributed by atoms with E-state index in [1.807, 2.05) is 26.4 Å². The summed E-state index contributed by atoms with van der Waals surface area (Å²) in [5, 5.41) is 11.3. The third-order valence-corrected chi connectivity index (χ3v) is 4.08. The molecule has 1 fully saturated rings. The smallest absolute Gasteiger partial charge is 0.226 e. The highest BCUT2D eigenvalue weighted by atomic mass is 16.5. The van der Waals surface area contributed by atoms with Gasteiger partial charge >= 0.3 is 0 Å². The highest BCUT2D eigenvalue weighted by Gasteiger charge is 2.33. The summed E-state index contributed by atoms with van der Waals surface area (Å²) in [7, 11) is 3.73. The summed E-state index contributed by atoms with van der Waals surface area (Å²) in [5.74, 6) is -0.152. The number of nitrogens with one attached hydrogen (secondary N) is 1. The van der Waals surface area contributed by atoms with Crippen LogP contribution in [0.5, 0.6) is 0 Å². The van der Waals surface area contributed by atoms with Crippen LogP contribution < -0.4 is 5.32 Å². The van der Waals surface area contributed by atoms with Crippen LogP contribution in [0.2, 0.25) is 0 Å². The van der Waals surface area contributed by atoms with Crippen LogP contribution in [-0.4, -0.2) is 32.1 Å². The number of hydrogen-bond donors (Lipinski definition) is 1. The Morgan fingerprint density at radius 1 is 1.45 bits per heavy atom. The Balaban J connectivity index is 1.67. The molecular formula is C15H21N5O2. The van der Waals surface area contributed by atoms with Crippen LogP contribution in [-0.2, 0) is 30.2 Å². The molecule has 0 bridgehead atoms. The zero-order chi connectivity index (χ0) is 15.5. The van der Waals surface area contributed by atoms with Gasteiger partial charge in [0.1, 0.15) is 0 Å². The van der Waals surface area contributed by atoms with Crippen molar-refractivity contribution < 1.29 is 9.53 Å². The molecule has 1 aliphatic rings. The van der Waals surface area contributed by atoms with Gasteiger partial charge in [-0.15, -0.1) is 0 Å². The number of carbonyl (C=O) groups is 1. The van der Waals surface area contributed by atoms with Crippen LogP contribution in [0.3, 0.4) is 0 Å². The molecule has 3 rings (SSSR count). The Morgan fingerprint density at radius 2 is 2.32 bits per heavy atom. The molecule has 1 aliphatic heterocycles. The number of rotatable bonds is 4. The maximum absolute atomic E-state index is 12.5. The molecule has 2 aromatic heterocycles. The van der Waals surface area contributed by atoms with Gasteiger partial charge < -0.3 is 10.1 Å². The highest BCUT2D eigenvalue weighted by Crippen LogP contribution is 2.33. The van der Waals surface area contributed by atoms with Gasteiger partial charge in [0, 0.05) is 38.7 Å². The van der Waals surface area contributed by atoms with Gasteiger partial charge in [-0.1, -0.05) is 0 Å². The molecule has 0 radical (unpaired) electrons. The molecule has 1 saturated heterocycles. The zero-order valence-corrected chi connectivity index (χ0v) is 12.9. The first-order valence-corrected chi connectivity index (χ1v) is 7.50. The Morgan fingerprint density at radius 3 is 3.00 bits per heavy atom. The molecule has 0 aliphatic carbocycles. The molecule has 7 heteroatoms. The third-order valence-electron chi connectivity index (χ3n) is 4.08. The van der Waals surface area contributed by atoms with Crippen molar-refractivity contribution in [2.45, 2.75) is 25.5 Å². The normalized spacial score (nSPS) is 21.7. The van der Waals surface area contributed by atoms with Crippen molar-refractivity contribution in [2.24, 2.45) is 20.0 Å². The fourth-order valence-electron chi connectivity index (χ4n) is 2.85. The van der Waals surface area contributed by atoms with E-state index in [1.54, 1.807) is 21.8 Å². The Bertz CT molecular complexity index is 648. The minimum atomic E-state index is -0.214. The summed E-state index contributed by atoms with van der Waals surface area (Å²) in [6.07, 6.45) is 6.93. The first-order chi connectivity index (χ1) is 10.6. The van der Waals surface area contributed by atoms with Crippen molar-refractivity contribution in [3.8, 4) is 0 Å². The summed E-state index contributed by atoms with van der Waals surface area (Å²) in [6.45, 7) is 1.16. The average Bonchev–Trinajstić information content (AvgIpc) is 3.13. The number of ether oxygens (including phenoxy) is 1. The summed E-state index contributed by atoms with van der Waals surface area (Å²) in [5.41, 5.74) is 1.94. The molecule has 0 unspecified atom stereocenters. The zero-order valence-electron chi connectivity index (χ0n) is 12.9. The van der Waals surface area contributed by atoms with Gasteiger partial charge in [-0.25, -0.2) is 0 Å². The number of amides is 1. The predicted octanol–water partition coefficient (Wildman–Crippen LogP) is 0.938. The minimum absolute atomic E-state index is 0.0229. The molecule has 3 heterocycles. The maximum atomic E-state index is 12.5. The van der Waals surface area contributed by atoms with Crippen LogP contribution >= 0.6 is 0 Å².